The number of hydrogen-bond donors (Lipinski definition) is 6. The van der Waals surface area contributed by atoms with E-state index in [1.54, 1.807) is 6.07 Å². The number of phenolic OH excluding ortho intramolecular Hbond substituents is 1. The lowest BCUT2D eigenvalue weighted by Crippen LogP contribution is -2.48. The van der Waals surface area contributed by atoms with E-state index < -0.39 is 34.5 Å². The molecule has 12 nitrogen and oxygen atoms in total. The number of carbonyl (C=O) groups is 2. The molecule has 1 atom stereocenters. The average molecular weight is 534 g/mol. The minimum absolute atomic E-state index is 0.106. The summed E-state index contributed by atoms with van der Waals surface area (Å²) < 4.78 is 32.6. The van der Waals surface area contributed by atoms with E-state index in [4.69, 9.17) is 4.74 Å². The fourth-order valence-corrected chi connectivity index (χ4v) is 4.60. The van der Waals surface area contributed by atoms with E-state index in [9.17, 15) is 28.2 Å². The highest BCUT2D eigenvalue weighted by atomic mass is 32.2. The van der Waals surface area contributed by atoms with Crippen molar-refractivity contribution in [3.05, 3.63) is 54.1 Å². The topological polar surface area (TPSA) is 178 Å². The number of guanidine groups is 1. The molecule has 1 aliphatic rings. The number of aromatic hydroxyl groups is 1. The molecule has 1 heterocycles. The minimum atomic E-state index is -4.12. The highest BCUT2D eigenvalue weighted by Gasteiger charge is 2.26. The Morgan fingerprint density at radius 1 is 1.14 bits per heavy atom. The van der Waals surface area contributed by atoms with E-state index in [-0.39, 0.29) is 16.2 Å². The molecular formula is C24H31N5O7S. The summed E-state index contributed by atoms with van der Waals surface area (Å²) in [6.45, 7) is 2.30. The van der Waals surface area contributed by atoms with Crippen LogP contribution in [0.2, 0.25) is 0 Å². The van der Waals surface area contributed by atoms with Gasteiger partial charge in [-0.05, 0) is 49.6 Å². The third-order valence-corrected chi connectivity index (χ3v) is 6.85. The molecular weight excluding hydrogens is 502 g/mol. The largest absolute Gasteiger partial charge is 0.507 e. The van der Waals surface area contributed by atoms with Gasteiger partial charge in [-0.1, -0.05) is 18.2 Å². The Hall–Kier alpha value is -3.84. The van der Waals surface area contributed by atoms with Gasteiger partial charge in [0, 0.05) is 26.2 Å². The first kappa shape index (κ1) is 27.7. The Labute approximate surface area is 215 Å². The summed E-state index contributed by atoms with van der Waals surface area (Å²) in [6, 6.07) is 9.81. The second kappa shape index (κ2) is 13.5. The molecule has 6 N–H and O–H groups in total. The highest BCUT2D eigenvalue weighted by Crippen LogP contribution is 2.23. The summed E-state index contributed by atoms with van der Waals surface area (Å²) >= 11 is 0. The Morgan fingerprint density at radius 2 is 1.92 bits per heavy atom. The van der Waals surface area contributed by atoms with Crippen LogP contribution in [0.1, 0.15) is 29.6 Å². The van der Waals surface area contributed by atoms with Crippen molar-refractivity contribution in [2.24, 2.45) is 4.99 Å². The van der Waals surface area contributed by atoms with E-state index in [1.165, 1.54) is 42.5 Å². The molecule has 0 saturated heterocycles. The maximum absolute atomic E-state index is 12.6. The maximum atomic E-state index is 12.6. The number of hydrogen-bond acceptors (Lipinski definition) is 9. The number of amides is 1. The highest BCUT2D eigenvalue weighted by molar-refractivity contribution is 7.89. The van der Waals surface area contributed by atoms with Crippen LogP contribution in [0, 0.1) is 0 Å². The molecule has 1 aliphatic heterocycles. The van der Waals surface area contributed by atoms with Crippen molar-refractivity contribution in [1.29, 1.82) is 0 Å². The van der Waals surface area contributed by atoms with Crippen molar-refractivity contribution in [3.63, 3.8) is 0 Å². The van der Waals surface area contributed by atoms with Crippen molar-refractivity contribution in [2.75, 3.05) is 32.8 Å². The number of nitrogens with zero attached hydrogens (tertiary/aromatic N) is 1. The molecule has 3 rings (SSSR count). The first-order valence-electron chi connectivity index (χ1n) is 11.8. The molecule has 200 valence electrons. The Bertz CT molecular complexity index is 1210. The molecule has 0 saturated carbocycles. The van der Waals surface area contributed by atoms with Gasteiger partial charge in [0.05, 0.1) is 17.1 Å². The fourth-order valence-electron chi connectivity index (χ4n) is 3.39. The van der Waals surface area contributed by atoms with Crippen LogP contribution in [-0.4, -0.2) is 75.3 Å². The first-order valence-corrected chi connectivity index (χ1v) is 13.3. The first-order chi connectivity index (χ1) is 17.8. The van der Waals surface area contributed by atoms with Crippen molar-refractivity contribution in [2.45, 2.75) is 30.2 Å². The molecule has 2 aromatic rings. The standard InChI is InChI=1S/C24H31N5O7S/c30-21-10-9-17(36-14-5-4-11-25-24-26-12-6-13-27-24)15-19(21)22(31)28-16-20(23(32)33)29-37(34,35)18-7-2-1-3-8-18/h1-3,7-10,15,20,29-30H,4-6,11-14,16H2,(H,28,31)(H,32,33)(H2,25,26,27). The predicted molar refractivity (Wildman–Crippen MR) is 136 cm³/mol. The van der Waals surface area contributed by atoms with Crippen molar-refractivity contribution in [3.8, 4) is 11.5 Å². The summed E-state index contributed by atoms with van der Waals surface area (Å²) in [6.07, 6.45) is 2.60. The zero-order valence-electron chi connectivity index (χ0n) is 20.1. The third-order valence-electron chi connectivity index (χ3n) is 5.36. The lowest BCUT2D eigenvalue weighted by atomic mass is 10.1. The SMILES string of the molecule is O=C(NCC(NS(=O)(=O)c1ccccc1)C(=O)O)c1cc(OCCCCNC2=NCCCN2)ccc1O. The number of carboxylic acids is 1. The number of rotatable bonds is 13. The number of unbranched alkanes of at least 4 members (excludes halogenated alkanes) is 1. The molecule has 0 spiro atoms. The van der Waals surface area contributed by atoms with Crippen molar-refractivity contribution < 1.29 is 33.0 Å². The van der Waals surface area contributed by atoms with Crippen LogP contribution in [-0.2, 0) is 14.8 Å². The Morgan fingerprint density at radius 3 is 2.62 bits per heavy atom. The summed E-state index contributed by atoms with van der Waals surface area (Å²) in [7, 11) is -4.12. The molecule has 0 bridgehead atoms. The van der Waals surface area contributed by atoms with Crippen LogP contribution >= 0.6 is 0 Å². The van der Waals surface area contributed by atoms with Gasteiger partial charge >= 0.3 is 5.97 Å². The minimum Gasteiger partial charge on any atom is -0.507 e. The zero-order valence-corrected chi connectivity index (χ0v) is 21.0. The zero-order chi connectivity index (χ0) is 26.7. The lowest BCUT2D eigenvalue weighted by Gasteiger charge is -2.16. The maximum Gasteiger partial charge on any atom is 0.323 e. The molecule has 37 heavy (non-hydrogen) atoms. The molecule has 0 aliphatic carbocycles. The van der Waals surface area contributed by atoms with Gasteiger partial charge in [-0.15, -0.1) is 0 Å². The number of nitrogens with one attached hydrogen (secondary N) is 4. The van der Waals surface area contributed by atoms with E-state index in [0.717, 1.165) is 44.9 Å². The quantitative estimate of drug-likeness (QED) is 0.202. The average Bonchev–Trinajstić information content (AvgIpc) is 2.90. The number of aliphatic carboxylic acids is 1. The molecule has 1 amide bonds. The second-order valence-electron chi connectivity index (χ2n) is 8.21. The van der Waals surface area contributed by atoms with Gasteiger partial charge in [-0.25, -0.2) is 8.42 Å². The van der Waals surface area contributed by atoms with E-state index in [2.05, 4.69) is 25.7 Å². The molecule has 0 fully saturated rings. The summed E-state index contributed by atoms with van der Waals surface area (Å²) in [4.78, 5) is 28.4. The third kappa shape index (κ3) is 8.65. The van der Waals surface area contributed by atoms with Crippen molar-refractivity contribution in [1.82, 2.24) is 20.7 Å². The lowest BCUT2D eigenvalue weighted by molar-refractivity contribution is -0.138. The van der Waals surface area contributed by atoms with Crippen LogP contribution in [0.25, 0.3) is 0 Å². The molecule has 1 unspecified atom stereocenters. The number of ether oxygens (including phenoxy) is 1. The molecule has 0 radical (unpaired) electrons. The van der Waals surface area contributed by atoms with E-state index in [0.29, 0.717) is 12.4 Å². The molecule has 13 heteroatoms. The van der Waals surface area contributed by atoms with Gasteiger partial charge in [-0.3, -0.25) is 14.6 Å². The monoisotopic (exact) mass is 533 g/mol. The van der Waals surface area contributed by atoms with Gasteiger partial charge < -0.3 is 30.9 Å². The number of phenols is 1. The smallest absolute Gasteiger partial charge is 0.323 e. The number of aliphatic imine (C=N–C) groups is 1. The van der Waals surface area contributed by atoms with E-state index in [1.807, 2.05) is 0 Å². The summed E-state index contributed by atoms with van der Waals surface area (Å²) in [5, 5.41) is 28.3. The summed E-state index contributed by atoms with van der Waals surface area (Å²) in [5.74, 6) is -1.42. The van der Waals surface area contributed by atoms with Crippen LogP contribution in [0.4, 0.5) is 0 Å². The second-order valence-corrected chi connectivity index (χ2v) is 9.92. The number of carbonyl (C=O) groups excluding carboxylic acids is 1. The predicted octanol–water partition coefficient (Wildman–Crippen LogP) is 0.652. The van der Waals surface area contributed by atoms with Crippen LogP contribution in [0.3, 0.4) is 0 Å². The normalized spacial score (nSPS) is 14.1. The van der Waals surface area contributed by atoms with Gasteiger partial charge in [0.1, 0.15) is 17.5 Å². The Kier molecular flexibility index (Phi) is 10.1. The van der Waals surface area contributed by atoms with Gasteiger partial charge in [0.25, 0.3) is 5.91 Å². The van der Waals surface area contributed by atoms with Crippen LogP contribution in [0.15, 0.2) is 58.4 Å². The van der Waals surface area contributed by atoms with Crippen LogP contribution in [0.5, 0.6) is 11.5 Å². The molecule has 2 aromatic carbocycles. The van der Waals surface area contributed by atoms with Gasteiger partial charge in [0.2, 0.25) is 10.0 Å². The number of benzene rings is 2. The van der Waals surface area contributed by atoms with E-state index >= 15 is 0 Å². The van der Waals surface area contributed by atoms with Gasteiger partial charge in [-0.2, -0.15) is 4.72 Å². The fraction of sp³-hybridized carbons (Fsp3) is 0.375. The number of sulfonamides is 1. The molecule has 0 aromatic heterocycles. The number of carboxylic acid groups (broad SMARTS) is 1. The van der Waals surface area contributed by atoms with Crippen molar-refractivity contribution >= 4 is 27.9 Å². The van der Waals surface area contributed by atoms with Crippen LogP contribution < -0.4 is 25.4 Å². The van der Waals surface area contributed by atoms with Gasteiger partial charge in [0.15, 0.2) is 5.96 Å². The summed E-state index contributed by atoms with van der Waals surface area (Å²) in [5.41, 5.74) is -0.129. The Balaban J connectivity index is 1.49.